The van der Waals surface area contributed by atoms with Gasteiger partial charge in [0.05, 0.1) is 18.1 Å². The molecule has 2 saturated heterocycles. The van der Waals surface area contributed by atoms with Crippen molar-refractivity contribution in [3.05, 3.63) is 21.7 Å². The summed E-state index contributed by atoms with van der Waals surface area (Å²) in [5.74, 6) is -0.0769. The number of pyridine rings is 1. The molecule has 2 aliphatic heterocycles. The summed E-state index contributed by atoms with van der Waals surface area (Å²) in [5.41, 5.74) is -2.20. The molecule has 0 saturated carbocycles. The zero-order valence-electron chi connectivity index (χ0n) is 12.9. The molecule has 7 nitrogen and oxygen atoms in total. The van der Waals surface area contributed by atoms with Crippen molar-refractivity contribution < 1.29 is 22.8 Å². The first-order valence-electron chi connectivity index (χ1n) is 7.72. The van der Waals surface area contributed by atoms with Crippen LogP contribution in [-0.4, -0.2) is 49.3 Å². The second-order valence-electron chi connectivity index (χ2n) is 5.75. The topological polar surface area (TPSA) is 71.7 Å². The number of hydrogen-bond donors (Lipinski definition) is 0. The fourth-order valence-electron chi connectivity index (χ4n) is 3.01. The van der Waals surface area contributed by atoms with Crippen molar-refractivity contribution >= 4 is 17.3 Å². The van der Waals surface area contributed by atoms with Crippen molar-refractivity contribution in [3.8, 4) is 0 Å². The Labute approximate surface area is 136 Å². The van der Waals surface area contributed by atoms with Crippen LogP contribution in [0.4, 0.5) is 30.5 Å². The zero-order chi connectivity index (χ0) is 17.3. The number of aromatic nitrogens is 1. The van der Waals surface area contributed by atoms with Crippen LogP contribution < -0.4 is 9.80 Å². The van der Waals surface area contributed by atoms with Gasteiger partial charge in [-0.2, -0.15) is 13.2 Å². The molecule has 0 amide bonds. The second-order valence-corrected chi connectivity index (χ2v) is 5.75. The smallest absolute Gasteiger partial charge is 0.378 e. The molecule has 3 rings (SSSR count). The molecule has 0 unspecified atom stereocenters. The molecule has 10 heteroatoms. The summed E-state index contributed by atoms with van der Waals surface area (Å²) in [6.07, 6.45) is -3.26. The van der Waals surface area contributed by atoms with E-state index in [9.17, 15) is 23.3 Å². The summed E-state index contributed by atoms with van der Waals surface area (Å²) in [5, 5.41) is 11.3. The monoisotopic (exact) mass is 346 g/mol. The van der Waals surface area contributed by atoms with Crippen LogP contribution in [0.1, 0.15) is 18.4 Å². The minimum absolute atomic E-state index is 0.109. The van der Waals surface area contributed by atoms with E-state index in [1.807, 2.05) is 0 Å². The Balaban J connectivity index is 2.14. The Morgan fingerprint density at radius 1 is 1.12 bits per heavy atom. The molecule has 24 heavy (non-hydrogen) atoms. The highest BCUT2D eigenvalue weighted by Gasteiger charge is 2.43. The third-order valence-corrected chi connectivity index (χ3v) is 4.19. The Kier molecular flexibility index (Phi) is 4.48. The first-order valence-corrected chi connectivity index (χ1v) is 7.72. The van der Waals surface area contributed by atoms with E-state index in [0.717, 1.165) is 18.9 Å². The minimum Gasteiger partial charge on any atom is -0.378 e. The summed E-state index contributed by atoms with van der Waals surface area (Å²) in [7, 11) is 0. The molecule has 0 bridgehead atoms. The second kappa shape index (κ2) is 6.42. The highest BCUT2D eigenvalue weighted by atomic mass is 19.4. The number of nitro groups is 1. The number of alkyl halides is 3. The van der Waals surface area contributed by atoms with Gasteiger partial charge in [0.25, 0.3) is 0 Å². The molecule has 0 radical (unpaired) electrons. The SMILES string of the molecule is O=[N+]([O-])c1c(C(F)(F)F)cc(N2CCOCC2)nc1N1CCCC1. The van der Waals surface area contributed by atoms with Crippen molar-refractivity contribution in [2.75, 3.05) is 49.2 Å². The van der Waals surface area contributed by atoms with Gasteiger partial charge < -0.3 is 14.5 Å². The van der Waals surface area contributed by atoms with Crippen molar-refractivity contribution in [2.24, 2.45) is 0 Å². The van der Waals surface area contributed by atoms with E-state index >= 15 is 0 Å². The van der Waals surface area contributed by atoms with E-state index in [1.165, 1.54) is 0 Å². The molecule has 0 spiro atoms. The highest BCUT2D eigenvalue weighted by molar-refractivity contribution is 5.68. The van der Waals surface area contributed by atoms with Crippen molar-refractivity contribution in [1.82, 2.24) is 4.98 Å². The Morgan fingerprint density at radius 3 is 2.29 bits per heavy atom. The van der Waals surface area contributed by atoms with E-state index < -0.39 is 22.4 Å². The highest BCUT2D eigenvalue weighted by Crippen LogP contribution is 2.43. The maximum Gasteiger partial charge on any atom is 0.423 e. The fraction of sp³-hybridized carbons (Fsp3) is 0.643. The van der Waals surface area contributed by atoms with E-state index in [-0.39, 0.29) is 11.6 Å². The maximum atomic E-state index is 13.4. The van der Waals surface area contributed by atoms with E-state index in [0.29, 0.717) is 39.4 Å². The zero-order valence-corrected chi connectivity index (χ0v) is 12.9. The first-order chi connectivity index (χ1) is 11.4. The lowest BCUT2D eigenvalue weighted by molar-refractivity contribution is -0.387. The number of nitrogens with zero attached hydrogens (tertiary/aromatic N) is 4. The molecular formula is C14H17F3N4O3. The number of hydrogen-bond acceptors (Lipinski definition) is 6. The molecule has 1 aromatic heterocycles. The minimum atomic E-state index is -4.82. The molecule has 0 aliphatic carbocycles. The van der Waals surface area contributed by atoms with Crippen LogP contribution in [-0.2, 0) is 10.9 Å². The lowest BCUT2D eigenvalue weighted by Crippen LogP contribution is -2.37. The lowest BCUT2D eigenvalue weighted by atomic mass is 10.1. The van der Waals surface area contributed by atoms with Crippen molar-refractivity contribution in [2.45, 2.75) is 19.0 Å². The van der Waals surface area contributed by atoms with Gasteiger partial charge in [-0.3, -0.25) is 10.1 Å². The summed E-state index contributed by atoms with van der Waals surface area (Å²) < 4.78 is 45.5. The molecule has 0 atom stereocenters. The first kappa shape index (κ1) is 16.7. The van der Waals surface area contributed by atoms with E-state index in [1.54, 1.807) is 9.80 Å². The summed E-state index contributed by atoms with van der Waals surface area (Å²) in [6.45, 7) is 2.52. The van der Waals surface area contributed by atoms with Crippen molar-refractivity contribution in [3.63, 3.8) is 0 Å². The maximum absolute atomic E-state index is 13.4. The number of anilines is 2. The lowest BCUT2D eigenvalue weighted by Gasteiger charge is -2.29. The van der Waals surface area contributed by atoms with E-state index in [4.69, 9.17) is 4.74 Å². The Morgan fingerprint density at radius 2 is 1.75 bits per heavy atom. The van der Waals surface area contributed by atoms with Gasteiger partial charge in [0.15, 0.2) is 0 Å². The average molecular weight is 346 g/mol. The summed E-state index contributed by atoms with van der Waals surface area (Å²) >= 11 is 0. The normalized spacial score (nSPS) is 19.0. The number of ether oxygens (including phenoxy) is 1. The summed E-state index contributed by atoms with van der Waals surface area (Å²) in [4.78, 5) is 17.8. The van der Waals surface area contributed by atoms with Gasteiger partial charge in [0.2, 0.25) is 5.82 Å². The van der Waals surface area contributed by atoms with Crippen molar-refractivity contribution in [1.29, 1.82) is 0 Å². The van der Waals surface area contributed by atoms with Crippen LogP contribution in [0.2, 0.25) is 0 Å². The van der Waals surface area contributed by atoms with Crippen LogP contribution in [0.25, 0.3) is 0 Å². The number of rotatable bonds is 3. The largest absolute Gasteiger partial charge is 0.423 e. The van der Waals surface area contributed by atoms with Crippen LogP contribution in [0.15, 0.2) is 6.07 Å². The fourth-order valence-corrected chi connectivity index (χ4v) is 3.01. The average Bonchev–Trinajstić information content (AvgIpc) is 3.08. The van der Waals surface area contributed by atoms with Crippen LogP contribution in [0.5, 0.6) is 0 Å². The van der Waals surface area contributed by atoms with Gasteiger partial charge in [-0.25, -0.2) is 4.98 Å². The molecule has 2 aliphatic rings. The van der Waals surface area contributed by atoms with Gasteiger partial charge in [0, 0.05) is 32.2 Å². The van der Waals surface area contributed by atoms with Gasteiger partial charge in [-0.1, -0.05) is 0 Å². The third-order valence-electron chi connectivity index (χ3n) is 4.19. The number of morpholine rings is 1. The van der Waals surface area contributed by atoms with Gasteiger partial charge in [-0.05, 0) is 12.8 Å². The predicted molar refractivity (Wildman–Crippen MR) is 80.4 cm³/mol. The Hall–Kier alpha value is -2.10. The molecule has 1 aromatic rings. The third kappa shape index (κ3) is 3.23. The van der Waals surface area contributed by atoms with Crippen LogP contribution in [0.3, 0.4) is 0 Å². The molecule has 132 valence electrons. The molecule has 0 N–H and O–H groups in total. The van der Waals surface area contributed by atoms with Crippen LogP contribution >= 0.6 is 0 Å². The standard InChI is InChI=1S/C14H17F3N4O3/c15-14(16,17)10-9-11(19-5-7-24-8-6-19)18-13(12(10)21(22)23)20-3-1-2-4-20/h9H,1-8H2. The van der Waals surface area contributed by atoms with E-state index in [2.05, 4.69) is 4.98 Å². The summed E-state index contributed by atoms with van der Waals surface area (Å²) in [6, 6.07) is 0.781. The van der Waals surface area contributed by atoms with Crippen LogP contribution in [0, 0.1) is 10.1 Å². The molecule has 3 heterocycles. The molecule has 0 aromatic carbocycles. The molecular weight excluding hydrogens is 329 g/mol. The molecule has 2 fully saturated rings. The van der Waals surface area contributed by atoms with Gasteiger partial charge >= 0.3 is 11.9 Å². The predicted octanol–water partition coefficient (Wildman–Crippen LogP) is 2.45. The Bertz CT molecular complexity index is 626. The number of halogens is 3. The van der Waals surface area contributed by atoms with Gasteiger partial charge in [0.1, 0.15) is 11.4 Å². The van der Waals surface area contributed by atoms with Gasteiger partial charge in [-0.15, -0.1) is 0 Å². The quantitative estimate of drug-likeness (QED) is 0.618.